The minimum atomic E-state index is -0.656. The SMILES string of the molecule is CC(C)[C@@H](NC(=O)c1ccco1)C(=O)Nc1nccs1. The van der Waals surface area contributed by atoms with Crippen LogP contribution in [0.1, 0.15) is 24.4 Å². The Balaban J connectivity index is 2.03. The maximum atomic E-state index is 12.2. The second kappa shape index (κ2) is 6.33. The first-order valence-corrected chi connectivity index (χ1v) is 7.00. The monoisotopic (exact) mass is 293 g/mol. The summed E-state index contributed by atoms with van der Waals surface area (Å²) in [5.74, 6) is -0.593. The quantitative estimate of drug-likeness (QED) is 0.884. The third-order valence-electron chi connectivity index (χ3n) is 2.64. The zero-order valence-corrected chi connectivity index (χ0v) is 11.9. The third kappa shape index (κ3) is 3.45. The van der Waals surface area contributed by atoms with Crippen LogP contribution in [0.4, 0.5) is 5.13 Å². The van der Waals surface area contributed by atoms with Crippen molar-refractivity contribution in [3.8, 4) is 0 Å². The van der Waals surface area contributed by atoms with Crippen LogP contribution in [0.25, 0.3) is 0 Å². The van der Waals surface area contributed by atoms with Crippen LogP contribution in [0.2, 0.25) is 0 Å². The largest absolute Gasteiger partial charge is 0.459 e. The first-order valence-electron chi connectivity index (χ1n) is 6.12. The van der Waals surface area contributed by atoms with Crippen LogP contribution in [-0.2, 0) is 4.79 Å². The summed E-state index contributed by atoms with van der Waals surface area (Å²) in [4.78, 5) is 28.1. The fourth-order valence-corrected chi connectivity index (χ4v) is 2.16. The fourth-order valence-electron chi connectivity index (χ4n) is 1.62. The summed E-state index contributed by atoms with van der Waals surface area (Å²) in [6.45, 7) is 3.71. The van der Waals surface area contributed by atoms with E-state index in [2.05, 4.69) is 15.6 Å². The van der Waals surface area contributed by atoms with E-state index in [1.54, 1.807) is 23.7 Å². The average Bonchev–Trinajstić information content (AvgIpc) is 3.07. The minimum Gasteiger partial charge on any atom is -0.459 e. The summed E-state index contributed by atoms with van der Waals surface area (Å²) < 4.78 is 5.01. The van der Waals surface area contributed by atoms with Crippen molar-refractivity contribution in [1.82, 2.24) is 10.3 Å². The number of aromatic nitrogens is 1. The zero-order chi connectivity index (χ0) is 14.5. The lowest BCUT2D eigenvalue weighted by Gasteiger charge is -2.20. The van der Waals surface area contributed by atoms with Crippen LogP contribution >= 0.6 is 11.3 Å². The Morgan fingerprint density at radius 1 is 1.40 bits per heavy atom. The molecule has 2 N–H and O–H groups in total. The maximum absolute atomic E-state index is 12.2. The molecule has 0 aliphatic heterocycles. The Kier molecular flexibility index (Phi) is 4.52. The van der Waals surface area contributed by atoms with E-state index in [-0.39, 0.29) is 17.6 Å². The molecule has 0 fully saturated rings. The molecule has 0 aliphatic carbocycles. The van der Waals surface area contributed by atoms with Gasteiger partial charge in [-0.15, -0.1) is 11.3 Å². The number of nitrogens with zero attached hydrogens (tertiary/aromatic N) is 1. The van der Waals surface area contributed by atoms with Gasteiger partial charge in [0.15, 0.2) is 10.9 Å². The lowest BCUT2D eigenvalue weighted by atomic mass is 10.0. The molecule has 0 saturated carbocycles. The van der Waals surface area contributed by atoms with Crippen LogP contribution in [0, 0.1) is 5.92 Å². The number of amides is 2. The molecule has 0 saturated heterocycles. The molecular formula is C13H15N3O3S. The van der Waals surface area contributed by atoms with Crippen LogP contribution in [0.15, 0.2) is 34.4 Å². The van der Waals surface area contributed by atoms with Gasteiger partial charge in [-0.25, -0.2) is 4.98 Å². The van der Waals surface area contributed by atoms with Gasteiger partial charge in [0.2, 0.25) is 5.91 Å². The van der Waals surface area contributed by atoms with Crippen LogP contribution in [-0.4, -0.2) is 22.8 Å². The van der Waals surface area contributed by atoms with E-state index in [1.165, 1.54) is 17.6 Å². The Hall–Kier alpha value is -2.15. The van der Waals surface area contributed by atoms with E-state index in [0.29, 0.717) is 5.13 Å². The second-order valence-electron chi connectivity index (χ2n) is 4.50. The average molecular weight is 293 g/mol. The molecule has 0 aliphatic rings. The Bertz CT molecular complexity index is 564. The van der Waals surface area contributed by atoms with Crippen molar-refractivity contribution >= 4 is 28.3 Å². The number of hydrogen-bond donors (Lipinski definition) is 2. The molecule has 0 unspecified atom stereocenters. The Morgan fingerprint density at radius 3 is 2.75 bits per heavy atom. The molecule has 2 amide bonds. The van der Waals surface area contributed by atoms with Crippen LogP contribution in [0.3, 0.4) is 0 Å². The van der Waals surface area contributed by atoms with E-state index in [4.69, 9.17) is 4.42 Å². The lowest BCUT2D eigenvalue weighted by molar-refractivity contribution is -0.118. The third-order valence-corrected chi connectivity index (χ3v) is 3.33. The Labute approximate surface area is 120 Å². The maximum Gasteiger partial charge on any atom is 0.287 e. The first-order chi connectivity index (χ1) is 9.58. The number of nitrogens with one attached hydrogen (secondary N) is 2. The van der Waals surface area contributed by atoms with Crippen molar-refractivity contribution in [1.29, 1.82) is 0 Å². The summed E-state index contributed by atoms with van der Waals surface area (Å²) in [7, 11) is 0. The standard InChI is InChI=1S/C13H15N3O3S/c1-8(2)10(12(18)16-13-14-5-7-20-13)15-11(17)9-4-3-6-19-9/h3-8,10H,1-2H3,(H,15,17)(H,14,16,18)/t10-/m1/s1. The molecule has 0 bridgehead atoms. The molecule has 1 atom stereocenters. The van der Waals surface area contributed by atoms with Crippen molar-refractivity contribution < 1.29 is 14.0 Å². The predicted molar refractivity (Wildman–Crippen MR) is 75.5 cm³/mol. The van der Waals surface area contributed by atoms with Gasteiger partial charge in [-0.05, 0) is 18.1 Å². The normalized spacial score (nSPS) is 12.2. The number of carbonyl (C=O) groups excluding carboxylic acids is 2. The van der Waals surface area contributed by atoms with Crippen molar-refractivity contribution in [2.45, 2.75) is 19.9 Å². The molecule has 0 aromatic carbocycles. The molecule has 106 valence electrons. The molecule has 2 heterocycles. The highest BCUT2D eigenvalue weighted by Crippen LogP contribution is 2.13. The van der Waals surface area contributed by atoms with Gasteiger partial charge in [0.05, 0.1) is 6.26 Å². The zero-order valence-electron chi connectivity index (χ0n) is 11.1. The van der Waals surface area contributed by atoms with Gasteiger partial charge in [-0.2, -0.15) is 0 Å². The molecule has 2 rings (SSSR count). The minimum absolute atomic E-state index is 0.0612. The first kappa shape index (κ1) is 14.3. The van der Waals surface area contributed by atoms with Crippen LogP contribution < -0.4 is 10.6 Å². The molecule has 0 spiro atoms. The number of thiazole rings is 1. The summed E-state index contributed by atoms with van der Waals surface area (Å²) in [5.41, 5.74) is 0. The summed E-state index contributed by atoms with van der Waals surface area (Å²) in [6, 6.07) is 2.51. The smallest absolute Gasteiger partial charge is 0.287 e. The van der Waals surface area contributed by atoms with Gasteiger partial charge in [0.25, 0.3) is 5.91 Å². The molecule has 20 heavy (non-hydrogen) atoms. The van der Waals surface area contributed by atoms with Gasteiger partial charge < -0.3 is 15.1 Å². The molecule has 2 aromatic heterocycles. The number of furan rings is 1. The molecule has 0 radical (unpaired) electrons. The van der Waals surface area contributed by atoms with Crippen LogP contribution in [0.5, 0.6) is 0 Å². The van der Waals surface area contributed by atoms with Gasteiger partial charge >= 0.3 is 0 Å². The number of anilines is 1. The highest BCUT2D eigenvalue weighted by molar-refractivity contribution is 7.13. The molecular weight excluding hydrogens is 278 g/mol. The number of rotatable bonds is 5. The van der Waals surface area contributed by atoms with Crippen molar-refractivity contribution in [3.63, 3.8) is 0 Å². The van der Waals surface area contributed by atoms with E-state index in [1.807, 2.05) is 13.8 Å². The topological polar surface area (TPSA) is 84.2 Å². The van der Waals surface area contributed by atoms with E-state index in [9.17, 15) is 9.59 Å². The van der Waals surface area contributed by atoms with Gasteiger partial charge in [-0.1, -0.05) is 13.8 Å². The van der Waals surface area contributed by atoms with Gasteiger partial charge in [0, 0.05) is 11.6 Å². The Morgan fingerprint density at radius 2 is 2.20 bits per heavy atom. The number of hydrogen-bond acceptors (Lipinski definition) is 5. The highest BCUT2D eigenvalue weighted by Gasteiger charge is 2.26. The predicted octanol–water partition coefficient (Wildman–Crippen LogP) is 2.13. The summed E-state index contributed by atoms with van der Waals surface area (Å²) in [6.07, 6.45) is 3.01. The highest BCUT2D eigenvalue weighted by atomic mass is 32.1. The fraction of sp³-hybridized carbons (Fsp3) is 0.308. The lowest BCUT2D eigenvalue weighted by Crippen LogP contribution is -2.47. The van der Waals surface area contributed by atoms with E-state index in [0.717, 1.165) is 0 Å². The van der Waals surface area contributed by atoms with Gasteiger partial charge in [0.1, 0.15) is 6.04 Å². The molecule has 6 nitrogen and oxygen atoms in total. The summed E-state index contributed by atoms with van der Waals surface area (Å²) >= 11 is 1.32. The van der Waals surface area contributed by atoms with Gasteiger partial charge in [-0.3, -0.25) is 9.59 Å². The second-order valence-corrected chi connectivity index (χ2v) is 5.39. The van der Waals surface area contributed by atoms with E-state index >= 15 is 0 Å². The van der Waals surface area contributed by atoms with Crippen molar-refractivity contribution in [3.05, 3.63) is 35.7 Å². The number of carbonyl (C=O) groups is 2. The molecule has 2 aromatic rings. The van der Waals surface area contributed by atoms with Crippen molar-refractivity contribution in [2.24, 2.45) is 5.92 Å². The molecule has 7 heteroatoms. The van der Waals surface area contributed by atoms with Crippen molar-refractivity contribution in [2.75, 3.05) is 5.32 Å². The van der Waals surface area contributed by atoms with E-state index < -0.39 is 11.9 Å². The summed E-state index contributed by atoms with van der Waals surface area (Å²) in [5, 5.41) is 7.61.